The predicted molar refractivity (Wildman–Crippen MR) is 136 cm³/mol. The van der Waals surface area contributed by atoms with Crippen LogP contribution >= 0.6 is 24.0 Å². The number of furan rings is 1. The summed E-state index contributed by atoms with van der Waals surface area (Å²) in [6.45, 7) is 1.94. The van der Waals surface area contributed by atoms with Crippen molar-refractivity contribution in [3.8, 4) is 11.5 Å². The summed E-state index contributed by atoms with van der Waals surface area (Å²) in [6, 6.07) is 15.9. The summed E-state index contributed by atoms with van der Waals surface area (Å²) < 4.78 is 16.8. The van der Waals surface area contributed by atoms with Crippen molar-refractivity contribution in [1.82, 2.24) is 5.32 Å². The van der Waals surface area contributed by atoms with Gasteiger partial charge in [-0.3, -0.25) is 10.1 Å². The van der Waals surface area contributed by atoms with Gasteiger partial charge in [-0.05, 0) is 24.3 Å². The van der Waals surface area contributed by atoms with Gasteiger partial charge in [0.2, 0.25) is 0 Å². The highest BCUT2D eigenvalue weighted by atomic mass is 127. The van der Waals surface area contributed by atoms with Crippen LogP contribution in [0.15, 0.2) is 70.3 Å². The lowest BCUT2D eigenvalue weighted by atomic mass is 10.2. The molecule has 0 spiro atoms. The molecule has 0 atom stereocenters. The lowest BCUT2D eigenvalue weighted by molar-refractivity contribution is -0.385. The summed E-state index contributed by atoms with van der Waals surface area (Å²) in [4.78, 5) is 15.5. The molecule has 1 aliphatic heterocycles. The maximum absolute atomic E-state index is 11.3. The average molecular weight is 564 g/mol. The van der Waals surface area contributed by atoms with E-state index in [2.05, 4.69) is 15.6 Å². The van der Waals surface area contributed by atoms with E-state index in [0.717, 1.165) is 17.9 Å². The topological polar surface area (TPSA) is 111 Å². The number of nitrogens with one attached hydrogen (secondary N) is 2. The normalized spacial score (nSPS) is 12.9. The lowest BCUT2D eigenvalue weighted by Crippen LogP contribution is -2.32. The first-order valence-electron chi connectivity index (χ1n) is 10.4. The number of para-hydroxylation sites is 1. The van der Waals surface area contributed by atoms with Crippen LogP contribution in [0.1, 0.15) is 17.7 Å². The van der Waals surface area contributed by atoms with Gasteiger partial charge in [0, 0.05) is 37.2 Å². The van der Waals surface area contributed by atoms with Gasteiger partial charge in [0.15, 0.2) is 17.5 Å². The number of ether oxygens (including phenoxy) is 2. The Bertz CT molecular complexity index is 1090. The molecule has 0 bridgehead atoms. The Balaban J connectivity index is 0.00000306. The molecule has 0 aliphatic carbocycles. The van der Waals surface area contributed by atoms with Crippen LogP contribution in [0.5, 0.6) is 11.5 Å². The monoisotopic (exact) mass is 564 g/mol. The standard InChI is InChI=1S/C23H24N4O5.HI/c28-27(29)20-7-2-1-5-17(20)16-25-23(24-11-10-19-6-3-12-30-19)26-18-8-9-21-22(15-18)32-14-4-13-31-21;/h1-3,5-9,12,15H,4,10-11,13-14,16H2,(H2,24,25,26);1H. The molecule has 9 nitrogen and oxygen atoms in total. The highest BCUT2D eigenvalue weighted by Gasteiger charge is 2.14. The van der Waals surface area contributed by atoms with Crippen LogP contribution in [-0.4, -0.2) is 30.6 Å². The Morgan fingerprint density at radius 3 is 2.67 bits per heavy atom. The van der Waals surface area contributed by atoms with Gasteiger partial charge in [-0.2, -0.15) is 0 Å². The summed E-state index contributed by atoms with van der Waals surface area (Å²) in [6.07, 6.45) is 3.13. The lowest BCUT2D eigenvalue weighted by Gasteiger charge is -2.14. The summed E-state index contributed by atoms with van der Waals surface area (Å²) in [5.74, 6) is 2.72. The molecular weight excluding hydrogens is 539 g/mol. The van der Waals surface area contributed by atoms with Crippen LogP contribution in [0.4, 0.5) is 11.4 Å². The molecule has 10 heteroatoms. The fourth-order valence-corrected chi connectivity index (χ4v) is 3.26. The minimum atomic E-state index is -0.397. The van der Waals surface area contributed by atoms with E-state index in [0.29, 0.717) is 49.2 Å². The first-order valence-corrected chi connectivity index (χ1v) is 10.4. The van der Waals surface area contributed by atoms with Crippen LogP contribution in [-0.2, 0) is 13.0 Å². The molecule has 0 unspecified atom stereocenters. The summed E-state index contributed by atoms with van der Waals surface area (Å²) in [7, 11) is 0. The molecule has 0 fully saturated rings. The van der Waals surface area contributed by atoms with E-state index in [4.69, 9.17) is 13.9 Å². The van der Waals surface area contributed by atoms with Gasteiger partial charge in [-0.15, -0.1) is 24.0 Å². The Morgan fingerprint density at radius 2 is 1.88 bits per heavy atom. The van der Waals surface area contributed by atoms with E-state index in [9.17, 15) is 10.1 Å². The quantitative estimate of drug-likeness (QED) is 0.140. The Labute approximate surface area is 208 Å². The van der Waals surface area contributed by atoms with E-state index >= 15 is 0 Å². The van der Waals surface area contributed by atoms with Crippen LogP contribution < -0.4 is 20.1 Å². The molecule has 0 saturated heterocycles. The third-order valence-electron chi connectivity index (χ3n) is 4.85. The smallest absolute Gasteiger partial charge is 0.274 e. The fourth-order valence-electron chi connectivity index (χ4n) is 3.26. The number of guanidine groups is 1. The molecule has 33 heavy (non-hydrogen) atoms. The number of aliphatic imine (C=N–C) groups is 1. The molecular formula is C23H25IN4O5. The van der Waals surface area contributed by atoms with Gasteiger partial charge in [0.1, 0.15) is 5.76 Å². The molecule has 0 radical (unpaired) electrons. The Kier molecular flexibility index (Phi) is 8.93. The number of nitro benzene ring substituents is 1. The van der Waals surface area contributed by atoms with Gasteiger partial charge in [0.05, 0.1) is 36.5 Å². The maximum atomic E-state index is 11.3. The Hall–Kier alpha value is -3.28. The summed E-state index contributed by atoms with van der Waals surface area (Å²) >= 11 is 0. The summed E-state index contributed by atoms with van der Waals surface area (Å²) in [5, 5.41) is 17.8. The van der Waals surface area contributed by atoms with E-state index in [1.54, 1.807) is 24.5 Å². The first kappa shape index (κ1) is 24.4. The SMILES string of the molecule is I.O=[N+]([O-])c1ccccc1CN=C(NCCc1ccco1)Nc1ccc2c(c1)OCCCO2. The molecule has 2 N–H and O–H groups in total. The van der Waals surface area contributed by atoms with Crippen molar-refractivity contribution in [3.05, 3.63) is 82.3 Å². The van der Waals surface area contributed by atoms with Gasteiger partial charge in [-0.1, -0.05) is 18.2 Å². The second kappa shape index (κ2) is 12.1. The predicted octanol–water partition coefficient (Wildman–Crippen LogP) is 4.77. The third kappa shape index (κ3) is 6.85. The fraction of sp³-hybridized carbons (Fsp3) is 0.261. The zero-order valence-corrected chi connectivity index (χ0v) is 20.2. The number of nitrogens with zero attached hydrogens (tertiary/aromatic N) is 2. The van der Waals surface area contributed by atoms with Crippen molar-refractivity contribution >= 4 is 41.3 Å². The number of hydrogen-bond acceptors (Lipinski definition) is 6. The molecule has 2 heterocycles. The van der Waals surface area contributed by atoms with E-state index in [-0.39, 0.29) is 36.2 Å². The minimum absolute atomic E-state index is 0. The molecule has 2 aromatic carbocycles. The number of hydrogen-bond donors (Lipinski definition) is 2. The second-order valence-electron chi connectivity index (χ2n) is 7.14. The molecule has 1 aliphatic rings. The molecule has 0 amide bonds. The average Bonchev–Trinajstić information content (AvgIpc) is 3.21. The molecule has 0 saturated carbocycles. The second-order valence-corrected chi connectivity index (χ2v) is 7.14. The largest absolute Gasteiger partial charge is 0.490 e. The van der Waals surface area contributed by atoms with Crippen molar-refractivity contribution in [2.24, 2.45) is 4.99 Å². The molecule has 3 aromatic rings. The summed E-state index contributed by atoms with van der Waals surface area (Å²) in [5.41, 5.74) is 1.34. The van der Waals surface area contributed by atoms with Gasteiger partial charge in [-0.25, -0.2) is 4.99 Å². The van der Waals surface area contributed by atoms with Gasteiger partial charge in [0.25, 0.3) is 5.69 Å². The van der Waals surface area contributed by atoms with Crippen LogP contribution in [0, 0.1) is 10.1 Å². The van der Waals surface area contributed by atoms with Crippen LogP contribution in [0.25, 0.3) is 0 Å². The number of rotatable bonds is 7. The van der Waals surface area contributed by atoms with Gasteiger partial charge < -0.3 is 24.5 Å². The van der Waals surface area contributed by atoms with Crippen molar-refractivity contribution in [2.75, 3.05) is 25.1 Å². The molecule has 4 rings (SSSR count). The molecule has 174 valence electrons. The van der Waals surface area contributed by atoms with E-state index < -0.39 is 4.92 Å². The highest BCUT2D eigenvalue weighted by molar-refractivity contribution is 14.0. The van der Waals surface area contributed by atoms with Crippen molar-refractivity contribution < 1.29 is 18.8 Å². The molecule has 1 aromatic heterocycles. The van der Waals surface area contributed by atoms with Crippen molar-refractivity contribution in [2.45, 2.75) is 19.4 Å². The van der Waals surface area contributed by atoms with Crippen molar-refractivity contribution in [1.29, 1.82) is 0 Å². The van der Waals surface area contributed by atoms with Crippen LogP contribution in [0.3, 0.4) is 0 Å². The zero-order chi connectivity index (χ0) is 22.2. The van der Waals surface area contributed by atoms with E-state index in [1.165, 1.54) is 6.07 Å². The number of nitro groups is 1. The van der Waals surface area contributed by atoms with E-state index in [1.807, 2.05) is 30.3 Å². The number of anilines is 1. The third-order valence-corrected chi connectivity index (χ3v) is 4.85. The number of fused-ring (bicyclic) bond motifs is 1. The van der Waals surface area contributed by atoms with Crippen molar-refractivity contribution in [3.63, 3.8) is 0 Å². The zero-order valence-electron chi connectivity index (χ0n) is 17.9. The maximum Gasteiger partial charge on any atom is 0.274 e. The highest BCUT2D eigenvalue weighted by Crippen LogP contribution is 2.32. The minimum Gasteiger partial charge on any atom is -0.490 e. The number of benzene rings is 2. The van der Waals surface area contributed by atoms with Crippen LogP contribution in [0.2, 0.25) is 0 Å². The Morgan fingerprint density at radius 1 is 1.06 bits per heavy atom. The first-order chi connectivity index (χ1) is 15.7. The number of halogens is 1. The van der Waals surface area contributed by atoms with Gasteiger partial charge >= 0.3 is 0 Å².